The van der Waals surface area contributed by atoms with Crippen LogP contribution in [0.5, 0.6) is 0 Å². The highest BCUT2D eigenvalue weighted by Crippen LogP contribution is 2.31. The van der Waals surface area contributed by atoms with E-state index in [1.54, 1.807) is 11.5 Å². The van der Waals surface area contributed by atoms with E-state index in [0.717, 1.165) is 15.4 Å². The van der Waals surface area contributed by atoms with Crippen molar-refractivity contribution < 1.29 is 8.78 Å². The van der Waals surface area contributed by atoms with Crippen LogP contribution in [0.1, 0.15) is 23.0 Å². The predicted octanol–water partition coefficient (Wildman–Crippen LogP) is 5.49. The topological polar surface area (TPSA) is 17.8 Å². The molecule has 0 bridgehead atoms. The number of thiophene rings is 1. The number of hydrogen-bond donors (Lipinski definition) is 0. The molecule has 2 aromatic heterocycles. The molecule has 110 valence electrons. The number of halogens is 4. The monoisotopic (exact) mass is 390 g/mol. The van der Waals surface area contributed by atoms with Crippen molar-refractivity contribution >= 4 is 49.9 Å². The van der Waals surface area contributed by atoms with Crippen molar-refractivity contribution in [3.8, 4) is 0 Å². The minimum atomic E-state index is -0.892. The van der Waals surface area contributed by atoms with E-state index in [9.17, 15) is 8.78 Å². The van der Waals surface area contributed by atoms with Gasteiger partial charge >= 0.3 is 0 Å². The Balaban J connectivity index is 2.25. The van der Waals surface area contributed by atoms with Gasteiger partial charge in [-0.25, -0.2) is 13.8 Å². The molecule has 1 unspecified atom stereocenters. The van der Waals surface area contributed by atoms with Gasteiger partial charge in [0, 0.05) is 9.35 Å². The summed E-state index contributed by atoms with van der Waals surface area (Å²) in [5.74, 6) is -1.25. The van der Waals surface area contributed by atoms with Crippen molar-refractivity contribution in [1.29, 1.82) is 0 Å². The molecule has 0 N–H and O–H groups in total. The molecule has 3 rings (SSSR count). The zero-order valence-corrected chi connectivity index (χ0v) is 14.1. The smallest absolute Gasteiger partial charge is 0.184 e. The highest BCUT2D eigenvalue weighted by Gasteiger charge is 2.20. The van der Waals surface area contributed by atoms with Crippen LogP contribution < -0.4 is 0 Å². The van der Waals surface area contributed by atoms with Gasteiger partial charge in [-0.05, 0) is 46.4 Å². The number of rotatable bonds is 3. The average Bonchev–Trinajstić information content (AvgIpc) is 3.00. The number of benzene rings is 1. The van der Waals surface area contributed by atoms with Crippen molar-refractivity contribution in [2.45, 2.75) is 18.8 Å². The van der Waals surface area contributed by atoms with Crippen molar-refractivity contribution in [3.05, 3.63) is 50.4 Å². The standard InChI is InChI=1S/C14H10BrClF2N2S/c1-7(16)14-19-10-3-2-9(17)12(18)13(10)20(14)6-11-8(15)4-5-21-11/h2-5,7H,6H2,1H3. The van der Waals surface area contributed by atoms with Crippen LogP contribution in [0.4, 0.5) is 8.78 Å². The molecule has 21 heavy (non-hydrogen) atoms. The molecule has 1 aromatic carbocycles. The molecule has 7 heteroatoms. The van der Waals surface area contributed by atoms with Crippen LogP contribution in [0.2, 0.25) is 0 Å². The fourth-order valence-electron chi connectivity index (χ4n) is 2.22. The number of aromatic nitrogens is 2. The van der Waals surface area contributed by atoms with Gasteiger partial charge in [-0.15, -0.1) is 22.9 Å². The molecule has 0 saturated heterocycles. The predicted molar refractivity (Wildman–Crippen MR) is 85.0 cm³/mol. The molecule has 0 aliphatic rings. The van der Waals surface area contributed by atoms with Gasteiger partial charge in [0.2, 0.25) is 0 Å². The van der Waals surface area contributed by atoms with Gasteiger partial charge in [0.15, 0.2) is 11.6 Å². The molecular formula is C14H10BrClF2N2S. The van der Waals surface area contributed by atoms with E-state index in [4.69, 9.17) is 11.6 Å². The summed E-state index contributed by atoms with van der Waals surface area (Å²) >= 11 is 11.1. The van der Waals surface area contributed by atoms with E-state index < -0.39 is 17.0 Å². The summed E-state index contributed by atoms with van der Waals surface area (Å²) in [6.07, 6.45) is 0. The summed E-state index contributed by atoms with van der Waals surface area (Å²) in [6, 6.07) is 4.47. The molecule has 0 aliphatic carbocycles. The maximum absolute atomic E-state index is 14.2. The molecule has 3 aromatic rings. The largest absolute Gasteiger partial charge is 0.319 e. The minimum absolute atomic E-state index is 0.151. The minimum Gasteiger partial charge on any atom is -0.319 e. The van der Waals surface area contributed by atoms with E-state index >= 15 is 0 Å². The first-order chi connectivity index (χ1) is 9.99. The first-order valence-electron chi connectivity index (χ1n) is 6.19. The lowest BCUT2D eigenvalue weighted by atomic mass is 10.3. The molecular weight excluding hydrogens is 382 g/mol. The van der Waals surface area contributed by atoms with Gasteiger partial charge < -0.3 is 4.57 Å². The summed E-state index contributed by atoms with van der Waals surface area (Å²) < 4.78 is 30.3. The van der Waals surface area contributed by atoms with Gasteiger partial charge in [-0.1, -0.05) is 0 Å². The van der Waals surface area contributed by atoms with Crippen LogP contribution in [-0.4, -0.2) is 9.55 Å². The average molecular weight is 392 g/mol. The summed E-state index contributed by atoms with van der Waals surface area (Å²) in [7, 11) is 0. The lowest BCUT2D eigenvalue weighted by Gasteiger charge is -2.10. The fourth-order valence-corrected chi connectivity index (χ4v) is 3.85. The molecule has 0 fully saturated rings. The number of alkyl halides is 1. The third kappa shape index (κ3) is 2.60. The first-order valence-corrected chi connectivity index (χ1v) is 8.30. The Bertz CT molecular complexity index is 813. The summed E-state index contributed by atoms with van der Waals surface area (Å²) in [5.41, 5.74) is 0.557. The second-order valence-electron chi connectivity index (χ2n) is 4.59. The Morgan fingerprint density at radius 2 is 2.14 bits per heavy atom. The highest BCUT2D eigenvalue weighted by atomic mass is 79.9. The number of fused-ring (bicyclic) bond motifs is 1. The Labute approximate surface area is 137 Å². The second kappa shape index (κ2) is 5.66. The van der Waals surface area contributed by atoms with E-state index in [1.807, 2.05) is 11.4 Å². The van der Waals surface area contributed by atoms with Crippen LogP contribution >= 0.6 is 38.9 Å². The Morgan fingerprint density at radius 3 is 2.76 bits per heavy atom. The Morgan fingerprint density at radius 1 is 1.38 bits per heavy atom. The van der Waals surface area contributed by atoms with Crippen molar-refractivity contribution in [2.24, 2.45) is 0 Å². The normalized spacial score (nSPS) is 13.0. The second-order valence-corrected chi connectivity index (χ2v) is 7.10. The molecule has 0 spiro atoms. The zero-order valence-electron chi connectivity index (χ0n) is 10.9. The highest BCUT2D eigenvalue weighted by molar-refractivity contribution is 9.10. The SMILES string of the molecule is CC(Cl)c1nc2ccc(F)c(F)c2n1Cc1sccc1Br. The fraction of sp³-hybridized carbons (Fsp3) is 0.214. The lowest BCUT2D eigenvalue weighted by Crippen LogP contribution is -2.06. The summed E-state index contributed by atoms with van der Waals surface area (Å²) in [6.45, 7) is 2.15. The van der Waals surface area contributed by atoms with E-state index in [1.165, 1.54) is 17.4 Å². The number of imidazole rings is 1. The third-order valence-electron chi connectivity index (χ3n) is 3.18. The van der Waals surface area contributed by atoms with Gasteiger partial charge in [0.25, 0.3) is 0 Å². The van der Waals surface area contributed by atoms with Crippen molar-refractivity contribution in [2.75, 3.05) is 0 Å². The summed E-state index contributed by atoms with van der Waals surface area (Å²) in [5, 5.41) is 1.53. The van der Waals surface area contributed by atoms with E-state index in [2.05, 4.69) is 20.9 Å². The Hall–Kier alpha value is -0.980. The van der Waals surface area contributed by atoms with Gasteiger partial charge in [-0.2, -0.15) is 0 Å². The van der Waals surface area contributed by atoms with Crippen LogP contribution in [0.3, 0.4) is 0 Å². The van der Waals surface area contributed by atoms with Gasteiger partial charge in [0.05, 0.1) is 17.4 Å². The van der Waals surface area contributed by atoms with E-state index in [0.29, 0.717) is 17.9 Å². The number of nitrogens with zero attached hydrogens (tertiary/aromatic N) is 2. The van der Waals surface area contributed by atoms with Crippen LogP contribution in [0, 0.1) is 11.6 Å². The van der Waals surface area contributed by atoms with Gasteiger partial charge in [0.1, 0.15) is 11.3 Å². The molecule has 0 amide bonds. The quantitative estimate of drug-likeness (QED) is 0.540. The lowest BCUT2D eigenvalue weighted by molar-refractivity contribution is 0.511. The molecule has 0 saturated carbocycles. The molecule has 2 heterocycles. The van der Waals surface area contributed by atoms with Crippen LogP contribution in [0.25, 0.3) is 11.0 Å². The maximum Gasteiger partial charge on any atom is 0.184 e. The number of hydrogen-bond acceptors (Lipinski definition) is 2. The third-order valence-corrected chi connectivity index (χ3v) is 5.28. The first kappa shape index (κ1) is 14.9. The van der Waals surface area contributed by atoms with Crippen LogP contribution in [-0.2, 0) is 6.54 Å². The molecule has 0 radical (unpaired) electrons. The van der Waals surface area contributed by atoms with Gasteiger partial charge in [-0.3, -0.25) is 0 Å². The van der Waals surface area contributed by atoms with Crippen LogP contribution in [0.15, 0.2) is 28.1 Å². The zero-order chi connectivity index (χ0) is 15.1. The summed E-state index contributed by atoms with van der Waals surface area (Å²) in [4.78, 5) is 5.33. The maximum atomic E-state index is 14.2. The Kier molecular flexibility index (Phi) is 4.03. The molecule has 1 atom stereocenters. The molecule has 2 nitrogen and oxygen atoms in total. The van der Waals surface area contributed by atoms with Crippen molar-refractivity contribution in [1.82, 2.24) is 9.55 Å². The van der Waals surface area contributed by atoms with Crippen molar-refractivity contribution in [3.63, 3.8) is 0 Å². The molecule has 0 aliphatic heterocycles. The van der Waals surface area contributed by atoms with E-state index in [-0.39, 0.29) is 5.52 Å².